The first kappa shape index (κ1) is 30.4. The maximum atomic E-state index is 10.5. The second kappa shape index (κ2) is 11.8. The molecule has 7 nitrogen and oxygen atoms in total. The molecule has 3 aromatic heterocycles. The van der Waals surface area contributed by atoms with Crippen molar-refractivity contribution in [1.82, 2.24) is 9.61 Å². The fraction of sp³-hybridized carbons (Fsp3) is 0.179. The smallest absolute Gasteiger partial charge is 0.239 e. The Kier molecular flexibility index (Phi) is 7.67. The Morgan fingerprint density at radius 2 is 1.64 bits per heavy atom. The average Bonchev–Trinajstić information content (AvgIpc) is 3.52. The number of ether oxygens (including phenoxy) is 1. The van der Waals surface area contributed by atoms with E-state index >= 15 is 0 Å². The molecule has 5 aromatic carbocycles. The summed E-state index contributed by atoms with van der Waals surface area (Å²) in [5.41, 5.74) is 6.98. The summed E-state index contributed by atoms with van der Waals surface area (Å²) in [6, 6.07) is 29.2. The monoisotopic (exact) mass is 639 g/mol. The van der Waals surface area contributed by atoms with E-state index in [1.807, 2.05) is 30.5 Å². The Morgan fingerprint density at radius 1 is 0.894 bits per heavy atom. The van der Waals surface area contributed by atoms with Gasteiger partial charge in [0, 0.05) is 29.8 Å². The number of hydrogen-bond acceptors (Lipinski definition) is 5. The van der Waals surface area contributed by atoms with Crippen molar-refractivity contribution in [2.24, 2.45) is 0 Å². The minimum Gasteiger partial charge on any atom is -0.748 e. The number of rotatable bonds is 6. The van der Waals surface area contributed by atoms with Gasteiger partial charge in [0.25, 0.3) is 0 Å². The van der Waals surface area contributed by atoms with Crippen molar-refractivity contribution in [1.29, 1.82) is 0 Å². The summed E-state index contributed by atoms with van der Waals surface area (Å²) in [6.45, 7) is 4.58. The number of pyridine rings is 1. The van der Waals surface area contributed by atoms with Gasteiger partial charge in [0.2, 0.25) is 11.0 Å². The summed E-state index contributed by atoms with van der Waals surface area (Å²) in [5, 5.41) is 13.8. The lowest BCUT2D eigenvalue weighted by atomic mass is 10.1. The topological polar surface area (TPSA) is 87.6 Å². The first-order chi connectivity index (χ1) is 22.6. The molecule has 0 bridgehead atoms. The lowest BCUT2D eigenvalue weighted by Crippen LogP contribution is -2.33. The first-order valence-electron chi connectivity index (χ1n) is 15.5. The van der Waals surface area contributed by atoms with Crippen LogP contribution < -0.4 is 9.30 Å². The van der Waals surface area contributed by atoms with E-state index in [1.54, 1.807) is 19.2 Å². The molecule has 0 unspecified atom stereocenters. The summed E-state index contributed by atoms with van der Waals surface area (Å²) in [6.07, 6.45) is 9.31. The van der Waals surface area contributed by atoms with Gasteiger partial charge in [-0.05, 0) is 59.8 Å². The number of hydrogen-bond donors (Lipinski definition) is 0. The molecular formula is C39H33N3O4S. The van der Waals surface area contributed by atoms with Gasteiger partial charge >= 0.3 is 0 Å². The molecule has 8 aromatic rings. The summed E-state index contributed by atoms with van der Waals surface area (Å²) in [7, 11) is -2.45. The van der Waals surface area contributed by atoms with Gasteiger partial charge in [-0.15, -0.1) is 12.3 Å². The predicted molar refractivity (Wildman–Crippen MR) is 188 cm³/mol. The molecule has 0 radical (unpaired) electrons. The molecule has 0 amide bonds. The molecule has 0 saturated heterocycles. The highest BCUT2D eigenvalue weighted by Gasteiger charge is 2.24. The van der Waals surface area contributed by atoms with Crippen LogP contribution in [0.15, 0.2) is 91.1 Å². The normalized spacial score (nSPS) is 11.9. The summed E-state index contributed by atoms with van der Waals surface area (Å²) in [5.74, 6) is 3.22. The summed E-state index contributed by atoms with van der Waals surface area (Å²) < 4.78 is 41.4. The van der Waals surface area contributed by atoms with Crippen LogP contribution in [0.5, 0.6) is 5.75 Å². The Morgan fingerprint density at radius 3 is 2.34 bits per heavy atom. The standard InChI is InChI=1S/C30H22N3O.C9H12O3S/c1-3-4-5-15-32-26-17-20(34-2)12-13-21(26)23-14-16-33-27(30(23)32)18-25-22-10-6-8-19-9-7-11-24(28(19)22)29(25)31-33;1-7-3-8(2)5-9(4-7)6-13(10,11)12/h1,6-14,16-18H,4-5,15H2,2H3;3-5H,6H2,1-2H3,(H,10,11,12)/q+1;/p-1. The number of benzene rings is 4. The average molecular weight is 640 g/mol. The third-order valence-electron chi connectivity index (χ3n) is 8.70. The van der Waals surface area contributed by atoms with Gasteiger partial charge in [-0.3, -0.25) is 0 Å². The van der Waals surface area contributed by atoms with Crippen molar-refractivity contribution in [3.8, 4) is 18.1 Å². The number of terminal acetylenes is 1. The molecule has 0 aliphatic heterocycles. The van der Waals surface area contributed by atoms with Crippen LogP contribution >= 0.6 is 0 Å². The van der Waals surface area contributed by atoms with Crippen LogP contribution in [0.3, 0.4) is 0 Å². The van der Waals surface area contributed by atoms with E-state index in [0.29, 0.717) is 5.56 Å². The summed E-state index contributed by atoms with van der Waals surface area (Å²) in [4.78, 5) is 0. The van der Waals surface area contributed by atoms with Crippen molar-refractivity contribution in [2.75, 3.05) is 7.11 Å². The number of fused-ring (bicyclic) bond motifs is 8. The lowest BCUT2D eigenvalue weighted by Gasteiger charge is -2.08. The highest BCUT2D eigenvalue weighted by molar-refractivity contribution is 7.84. The Balaban J connectivity index is 0.000000229. The largest absolute Gasteiger partial charge is 0.748 e. The minimum atomic E-state index is -4.16. The van der Waals surface area contributed by atoms with Gasteiger partial charge in [0.1, 0.15) is 11.3 Å². The van der Waals surface area contributed by atoms with Crippen LogP contribution in [0.1, 0.15) is 29.5 Å². The van der Waals surface area contributed by atoms with Gasteiger partial charge in [-0.1, -0.05) is 65.7 Å². The number of methoxy groups -OCH3 is 1. The third kappa shape index (κ3) is 5.58. The van der Waals surface area contributed by atoms with Crippen LogP contribution in [0.2, 0.25) is 0 Å². The molecule has 0 aliphatic carbocycles. The fourth-order valence-corrected chi connectivity index (χ4v) is 7.52. The Labute approximate surface area is 273 Å². The zero-order chi connectivity index (χ0) is 32.9. The fourth-order valence-electron chi connectivity index (χ4n) is 6.95. The van der Waals surface area contributed by atoms with E-state index < -0.39 is 15.9 Å². The molecule has 47 heavy (non-hydrogen) atoms. The second-order valence-electron chi connectivity index (χ2n) is 12.1. The second-order valence-corrected chi connectivity index (χ2v) is 13.5. The predicted octanol–water partition coefficient (Wildman–Crippen LogP) is 7.60. The van der Waals surface area contributed by atoms with Crippen molar-refractivity contribution in [3.63, 3.8) is 0 Å². The maximum absolute atomic E-state index is 10.5. The van der Waals surface area contributed by atoms with Crippen LogP contribution in [-0.2, 0) is 22.4 Å². The first-order valence-corrected chi connectivity index (χ1v) is 17.1. The van der Waals surface area contributed by atoms with Crippen LogP contribution in [-0.4, -0.2) is 29.7 Å². The van der Waals surface area contributed by atoms with Crippen molar-refractivity contribution < 1.29 is 22.3 Å². The SMILES string of the molecule is C#CCCC[n+]1c2cc(OC)ccc2c2ccn3nc4c(cc3c21)c1cccc2cccc4c21.Cc1cc(C)cc(CS(=O)(=O)[O-])c1. The van der Waals surface area contributed by atoms with E-state index in [-0.39, 0.29) is 0 Å². The van der Waals surface area contributed by atoms with Crippen LogP contribution in [0, 0.1) is 26.2 Å². The number of aryl methyl sites for hydroxylation is 3. The molecule has 0 N–H and O–H groups in total. The Hall–Kier alpha value is -5.23. The van der Waals surface area contributed by atoms with Crippen molar-refractivity contribution in [3.05, 3.63) is 108 Å². The third-order valence-corrected chi connectivity index (χ3v) is 9.39. The van der Waals surface area contributed by atoms with E-state index in [1.165, 1.54) is 43.2 Å². The van der Waals surface area contributed by atoms with Gasteiger partial charge in [0.05, 0.1) is 45.3 Å². The van der Waals surface area contributed by atoms with Crippen LogP contribution in [0.4, 0.5) is 0 Å². The van der Waals surface area contributed by atoms with E-state index in [0.717, 1.165) is 52.8 Å². The van der Waals surface area contributed by atoms with Gasteiger partial charge in [-0.25, -0.2) is 12.9 Å². The lowest BCUT2D eigenvalue weighted by molar-refractivity contribution is -0.643. The quantitative estimate of drug-likeness (QED) is 0.0810. The van der Waals surface area contributed by atoms with Gasteiger partial charge in [0.15, 0.2) is 6.54 Å². The molecule has 0 aliphatic rings. The Bertz CT molecular complexity index is 2610. The molecule has 0 fully saturated rings. The number of unbranched alkanes of at least 4 members (excludes halogenated alkanes) is 1. The van der Waals surface area contributed by atoms with Gasteiger partial charge in [-0.2, -0.15) is 9.67 Å². The molecule has 3 heterocycles. The zero-order valence-corrected chi connectivity index (χ0v) is 27.3. The van der Waals surface area contributed by atoms with E-state index in [2.05, 4.69) is 77.3 Å². The maximum Gasteiger partial charge on any atom is 0.239 e. The number of aromatic nitrogens is 3. The molecule has 0 spiro atoms. The van der Waals surface area contributed by atoms with E-state index in [9.17, 15) is 13.0 Å². The van der Waals surface area contributed by atoms with E-state index in [4.69, 9.17) is 16.3 Å². The van der Waals surface area contributed by atoms with Crippen LogP contribution in [0.25, 0.3) is 59.8 Å². The number of nitrogens with zero attached hydrogens (tertiary/aromatic N) is 3. The van der Waals surface area contributed by atoms with Crippen molar-refractivity contribution in [2.45, 2.75) is 39.0 Å². The molecular weight excluding hydrogens is 607 g/mol. The minimum absolute atomic E-state index is 0.421. The molecule has 8 rings (SSSR count). The molecule has 0 saturated carbocycles. The van der Waals surface area contributed by atoms with Crippen molar-refractivity contribution >= 4 is 69.9 Å². The highest BCUT2D eigenvalue weighted by Crippen LogP contribution is 2.38. The highest BCUT2D eigenvalue weighted by atomic mass is 32.2. The molecule has 8 heteroatoms. The molecule has 0 atom stereocenters. The summed E-state index contributed by atoms with van der Waals surface area (Å²) >= 11 is 0. The zero-order valence-electron chi connectivity index (χ0n) is 26.4. The molecule has 234 valence electrons. The van der Waals surface area contributed by atoms with Gasteiger partial charge < -0.3 is 9.29 Å².